The van der Waals surface area contributed by atoms with Crippen molar-refractivity contribution in [1.82, 2.24) is 4.57 Å². The van der Waals surface area contributed by atoms with Gasteiger partial charge in [0.15, 0.2) is 0 Å². The van der Waals surface area contributed by atoms with Crippen molar-refractivity contribution in [3.63, 3.8) is 0 Å². The Morgan fingerprint density at radius 1 is 1.10 bits per heavy atom. The Balaban J connectivity index is 2.06. The second-order valence-electron chi connectivity index (χ2n) is 4.57. The molecule has 0 unspecified atom stereocenters. The number of hydrogen-bond acceptors (Lipinski definition) is 1. The molecule has 0 radical (unpaired) electrons. The van der Waals surface area contributed by atoms with Crippen molar-refractivity contribution in [2.45, 2.75) is 6.54 Å². The molecule has 0 aliphatic heterocycles. The van der Waals surface area contributed by atoms with Crippen LogP contribution in [-0.2, 0) is 6.54 Å². The van der Waals surface area contributed by atoms with E-state index in [1.165, 1.54) is 0 Å². The van der Waals surface area contributed by atoms with Gasteiger partial charge in [0, 0.05) is 32.7 Å². The van der Waals surface area contributed by atoms with Crippen molar-refractivity contribution in [3.05, 3.63) is 64.3 Å². The van der Waals surface area contributed by atoms with Crippen molar-refractivity contribution in [1.29, 1.82) is 0 Å². The van der Waals surface area contributed by atoms with Crippen LogP contribution in [0.15, 0.2) is 48.7 Å². The summed E-state index contributed by atoms with van der Waals surface area (Å²) in [7, 11) is 1.66. The largest absolute Gasteiger partial charge is 0.496 e. The highest BCUT2D eigenvalue weighted by molar-refractivity contribution is 6.35. The van der Waals surface area contributed by atoms with Gasteiger partial charge >= 0.3 is 0 Å². The Labute approximate surface area is 127 Å². The highest BCUT2D eigenvalue weighted by Gasteiger charge is 2.08. The minimum absolute atomic E-state index is 0.688. The molecule has 0 aliphatic carbocycles. The number of halogens is 2. The van der Waals surface area contributed by atoms with Crippen LogP contribution in [0.4, 0.5) is 0 Å². The average Bonchev–Trinajstić information content (AvgIpc) is 2.84. The summed E-state index contributed by atoms with van der Waals surface area (Å²) in [5.41, 5.74) is 2.14. The van der Waals surface area contributed by atoms with Gasteiger partial charge in [-0.15, -0.1) is 0 Å². The molecule has 0 aliphatic rings. The van der Waals surface area contributed by atoms with E-state index in [1.54, 1.807) is 7.11 Å². The standard InChI is InChI=1S/C16H13Cl2NO/c1-20-16-6-5-12(17)9-11(16)10-19-8-7-13-14(18)3-2-4-15(13)19/h2-9H,10H2,1H3. The van der Waals surface area contributed by atoms with Crippen LogP contribution in [0.2, 0.25) is 10.0 Å². The lowest BCUT2D eigenvalue weighted by Gasteiger charge is -2.11. The van der Waals surface area contributed by atoms with Gasteiger partial charge in [-0.1, -0.05) is 29.3 Å². The maximum atomic E-state index is 6.20. The highest BCUT2D eigenvalue weighted by Crippen LogP contribution is 2.28. The zero-order valence-electron chi connectivity index (χ0n) is 10.9. The molecule has 0 saturated carbocycles. The summed E-state index contributed by atoms with van der Waals surface area (Å²) in [5.74, 6) is 0.832. The monoisotopic (exact) mass is 305 g/mol. The molecule has 20 heavy (non-hydrogen) atoms. The third-order valence-corrected chi connectivity index (χ3v) is 3.91. The second kappa shape index (κ2) is 5.39. The molecule has 1 aromatic heterocycles. The number of methoxy groups -OCH3 is 1. The van der Waals surface area contributed by atoms with E-state index in [0.717, 1.165) is 27.2 Å². The Bertz CT molecular complexity index is 764. The number of rotatable bonds is 3. The van der Waals surface area contributed by atoms with Gasteiger partial charge in [-0.2, -0.15) is 0 Å². The second-order valence-corrected chi connectivity index (χ2v) is 5.42. The van der Waals surface area contributed by atoms with Crippen LogP contribution in [0, 0.1) is 0 Å². The van der Waals surface area contributed by atoms with Crippen LogP contribution in [0.3, 0.4) is 0 Å². The predicted octanol–water partition coefficient (Wildman–Crippen LogP) is 5.01. The third kappa shape index (κ3) is 2.37. The number of benzene rings is 2. The fraction of sp³-hybridized carbons (Fsp3) is 0.125. The highest BCUT2D eigenvalue weighted by atomic mass is 35.5. The van der Waals surface area contributed by atoms with Crippen molar-refractivity contribution in [2.24, 2.45) is 0 Å². The predicted molar refractivity (Wildman–Crippen MR) is 84.1 cm³/mol. The number of hydrogen-bond donors (Lipinski definition) is 0. The summed E-state index contributed by atoms with van der Waals surface area (Å²) in [6.45, 7) is 0.688. The zero-order chi connectivity index (χ0) is 14.1. The summed E-state index contributed by atoms with van der Waals surface area (Å²) in [5, 5.41) is 2.52. The lowest BCUT2D eigenvalue weighted by atomic mass is 10.2. The minimum Gasteiger partial charge on any atom is -0.496 e. The van der Waals surface area contributed by atoms with E-state index in [-0.39, 0.29) is 0 Å². The van der Waals surface area contributed by atoms with Crippen LogP contribution in [-0.4, -0.2) is 11.7 Å². The Kier molecular flexibility index (Phi) is 3.60. The SMILES string of the molecule is COc1ccc(Cl)cc1Cn1ccc2c(Cl)cccc21. The van der Waals surface area contributed by atoms with E-state index in [2.05, 4.69) is 10.6 Å². The molecule has 2 aromatic carbocycles. The summed E-state index contributed by atoms with van der Waals surface area (Å²) < 4.78 is 7.52. The molecule has 0 saturated heterocycles. The molecule has 102 valence electrons. The number of aromatic nitrogens is 1. The van der Waals surface area contributed by atoms with Gasteiger partial charge in [-0.25, -0.2) is 0 Å². The topological polar surface area (TPSA) is 14.2 Å². The molecule has 4 heteroatoms. The molecule has 0 amide bonds. The lowest BCUT2D eigenvalue weighted by Crippen LogP contribution is -2.00. The summed E-state index contributed by atoms with van der Waals surface area (Å²) in [6, 6.07) is 13.6. The maximum Gasteiger partial charge on any atom is 0.123 e. The molecular weight excluding hydrogens is 293 g/mol. The molecule has 2 nitrogen and oxygen atoms in total. The van der Waals surface area contributed by atoms with E-state index in [0.29, 0.717) is 11.6 Å². The van der Waals surface area contributed by atoms with Crippen LogP contribution in [0.1, 0.15) is 5.56 Å². The van der Waals surface area contributed by atoms with E-state index in [4.69, 9.17) is 27.9 Å². The van der Waals surface area contributed by atoms with Crippen molar-refractivity contribution in [2.75, 3.05) is 7.11 Å². The van der Waals surface area contributed by atoms with Crippen LogP contribution in [0.25, 0.3) is 10.9 Å². The molecule has 0 atom stereocenters. The Morgan fingerprint density at radius 2 is 1.95 bits per heavy atom. The number of nitrogens with zero attached hydrogens (tertiary/aromatic N) is 1. The maximum absolute atomic E-state index is 6.20. The Hall–Kier alpha value is -1.64. The van der Waals surface area contributed by atoms with Crippen molar-refractivity contribution < 1.29 is 4.74 Å². The first-order valence-electron chi connectivity index (χ1n) is 6.25. The van der Waals surface area contributed by atoms with E-state index in [9.17, 15) is 0 Å². The summed E-state index contributed by atoms with van der Waals surface area (Å²) in [6.07, 6.45) is 2.02. The van der Waals surface area contributed by atoms with Gasteiger partial charge in [-0.3, -0.25) is 0 Å². The van der Waals surface area contributed by atoms with Crippen LogP contribution in [0.5, 0.6) is 5.75 Å². The molecule has 3 rings (SSSR count). The Morgan fingerprint density at radius 3 is 2.75 bits per heavy atom. The van der Waals surface area contributed by atoms with Crippen molar-refractivity contribution >= 4 is 34.1 Å². The van der Waals surface area contributed by atoms with Crippen molar-refractivity contribution in [3.8, 4) is 5.75 Å². The minimum atomic E-state index is 0.688. The van der Waals surface area contributed by atoms with Gasteiger partial charge in [0.2, 0.25) is 0 Å². The molecule has 3 aromatic rings. The first-order chi connectivity index (χ1) is 9.69. The van der Waals surface area contributed by atoms with Gasteiger partial charge in [0.1, 0.15) is 5.75 Å². The fourth-order valence-corrected chi connectivity index (χ4v) is 2.81. The average molecular weight is 306 g/mol. The van der Waals surface area contributed by atoms with Gasteiger partial charge in [0.05, 0.1) is 13.7 Å². The van der Waals surface area contributed by atoms with Crippen LogP contribution >= 0.6 is 23.2 Å². The smallest absolute Gasteiger partial charge is 0.123 e. The first-order valence-corrected chi connectivity index (χ1v) is 7.00. The molecule has 0 spiro atoms. The van der Waals surface area contributed by atoms with E-state index >= 15 is 0 Å². The molecule has 1 heterocycles. The molecule has 0 fully saturated rings. The number of ether oxygens (including phenoxy) is 1. The molecule has 0 bridgehead atoms. The fourth-order valence-electron chi connectivity index (χ4n) is 2.38. The number of fused-ring (bicyclic) bond motifs is 1. The third-order valence-electron chi connectivity index (χ3n) is 3.34. The summed E-state index contributed by atoms with van der Waals surface area (Å²) in [4.78, 5) is 0. The lowest BCUT2D eigenvalue weighted by molar-refractivity contribution is 0.408. The van der Waals surface area contributed by atoms with Gasteiger partial charge < -0.3 is 9.30 Å². The van der Waals surface area contributed by atoms with E-state index in [1.807, 2.05) is 42.6 Å². The van der Waals surface area contributed by atoms with Gasteiger partial charge in [-0.05, 0) is 36.4 Å². The molecule has 0 N–H and O–H groups in total. The van der Waals surface area contributed by atoms with Gasteiger partial charge in [0.25, 0.3) is 0 Å². The normalized spacial score (nSPS) is 10.9. The first kappa shape index (κ1) is 13.3. The molecular formula is C16H13Cl2NO. The zero-order valence-corrected chi connectivity index (χ0v) is 12.4. The quantitative estimate of drug-likeness (QED) is 0.664. The van der Waals surface area contributed by atoms with Crippen LogP contribution < -0.4 is 4.74 Å². The van der Waals surface area contributed by atoms with E-state index < -0.39 is 0 Å². The summed E-state index contributed by atoms with van der Waals surface area (Å²) >= 11 is 12.3.